The van der Waals surface area contributed by atoms with E-state index in [9.17, 15) is 8.78 Å². The van der Waals surface area contributed by atoms with Crippen LogP contribution in [0.15, 0.2) is 48.5 Å². The van der Waals surface area contributed by atoms with Gasteiger partial charge in [-0.05, 0) is 35.4 Å². The molecule has 2 aromatic rings. The van der Waals surface area contributed by atoms with Crippen LogP contribution < -0.4 is 10.5 Å². The molecule has 0 aromatic heterocycles. The number of benzene rings is 2. The minimum absolute atomic E-state index is 0.113. The van der Waals surface area contributed by atoms with Gasteiger partial charge in [-0.3, -0.25) is 0 Å². The highest BCUT2D eigenvalue weighted by molar-refractivity contribution is 6.30. The number of hydrogen-bond acceptors (Lipinski definition) is 2. The molecule has 0 aliphatic rings. The van der Waals surface area contributed by atoms with Crippen LogP contribution in [0, 0.1) is 0 Å². The van der Waals surface area contributed by atoms with E-state index < -0.39 is 6.61 Å². The molecule has 5 heteroatoms. The average molecular weight is 284 g/mol. The molecule has 1 atom stereocenters. The van der Waals surface area contributed by atoms with E-state index >= 15 is 0 Å². The standard InChI is InChI=1S/C14H12ClF2NO/c15-11-5-1-9(2-6-11)13(18)10-3-7-12(8-4-10)19-14(16)17/h1-8,13-14H,18H2. The van der Waals surface area contributed by atoms with E-state index in [2.05, 4.69) is 4.74 Å². The van der Waals surface area contributed by atoms with Crippen molar-refractivity contribution in [1.82, 2.24) is 0 Å². The number of ether oxygens (including phenoxy) is 1. The van der Waals surface area contributed by atoms with Crippen LogP contribution in [0.25, 0.3) is 0 Å². The third kappa shape index (κ3) is 3.66. The molecule has 0 bridgehead atoms. The molecule has 19 heavy (non-hydrogen) atoms. The van der Waals surface area contributed by atoms with Crippen LogP contribution in [0.3, 0.4) is 0 Å². The Morgan fingerprint density at radius 1 is 0.895 bits per heavy atom. The molecule has 0 saturated heterocycles. The van der Waals surface area contributed by atoms with Crippen molar-refractivity contribution in [3.63, 3.8) is 0 Å². The number of nitrogens with two attached hydrogens (primary N) is 1. The zero-order chi connectivity index (χ0) is 13.8. The third-order valence-corrected chi connectivity index (χ3v) is 2.95. The Labute approximate surface area is 114 Å². The number of rotatable bonds is 4. The normalized spacial score (nSPS) is 12.5. The van der Waals surface area contributed by atoms with E-state index in [1.165, 1.54) is 12.1 Å². The van der Waals surface area contributed by atoms with Gasteiger partial charge in [-0.2, -0.15) is 8.78 Å². The van der Waals surface area contributed by atoms with Gasteiger partial charge >= 0.3 is 6.61 Å². The second-order valence-electron chi connectivity index (χ2n) is 3.98. The topological polar surface area (TPSA) is 35.2 Å². The Balaban J connectivity index is 2.15. The lowest BCUT2D eigenvalue weighted by Gasteiger charge is -2.13. The fourth-order valence-corrected chi connectivity index (χ4v) is 1.85. The predicted octanol–water partition coefficient (Wildman–Crippen LogP) is 3.99. The van der Waals surface area contributed by atoms with E-state index in [4.69, 9.17) is 17.3 Å². The van der Waals surface area contributed by atoms with Crippen LogP contribution >= 0.6 is 11.6 Å². The lowest BCUT2D eigenvalue weighted by atomic mass is 10.00. The van der Waals surface area contributed by atoms with Crippen molar-refractivity contribution in [1.29, 1.82) is 0 Å². The van der Waals surface area contributed by atoms with Gasteiger partial charge in [-0.1, -0.05) is 35.9 Å². The maximum absolute atomic E-state index is 12.0. The van der Waals surface area contributed by atoms with Crippen molar-refractivity contribution in [3.05, 3.63) is 64.7 Å². The molecule has 1 unspecified atom stereocenters. The van der Waals surface area contributed by atoms with E-state index in [0.717, 1.165) is 11.1 Å². The van der Waals surface area contributed by atoms with Crippen LogP contribution in [-0.2, 0) is 0 Å². The van der Waals surface area contributed by atoms with Gasteiger partial charge in [0, 0.05) is 5.02 Å². The molecule has 2 rings (SSSR count). The van der Waals surface area contributed by atoms with E-state index in [0.29, 0.717) is 5.02 Å². The number of halogens is 3. The molecule has 100 valence electrons. The molecule has 0 spiro atoms. The molecule has 0 fully saturated rings. The van der Waals surface area contributed by atoms with E-state index in [-0.39, 0.29) is 11.8 Å². The molecule has 0 saturated carbocycles. The maximum atomic E-state index is 12.0. The van der Waals surface area contributed by atoms with Gasteiger partial charge in [-0.25, -0.2) is 0 Å². The van der Waals surface area contributed by atoms with Crippen molar-refractivity contribution < 1.29 is 13.5 Å². The molecular weight excluding hydrogens is 272 g/mol. The summed E-state index contributed by atoms with van der Waals surface area (Å²) < 4.78 is 28.3. The molecule has 2 N–H and O–H groups in total. The summed E-state index contributed by atoms with van der Waals surface area (Å²) in [4.78, 5) is 0. The average Bonchev–Trinajstić information content (AvgIpc) is 2.39. The fourth-order valence-electron chi connectivity index (χ4n) is 1.72. The van der Waals surface area contributed by atoms with Gasteiger partial charge in [0.05, 0.1) is 6.04 Å². The molecule has 0 heterocycles. The molecule has 0 amide bonds. The molecule has 2 aromatic carbocycles. The van der Waals surface area contributed by atoms with Crippen LogP contribution in [0.4, 0.5) is 8.78 Å². The zero-order valence-corrected chi connectivity index (χ0v) is 10.6. The van der Waals surface area contributed by atoms with E-state index in [1.807, 2.05) is 12.1 Å². The van der Waals surface area contributed by atoms with Crippen molar-refractivity contribution in [2.24, 2.45) is 5.73 Å². The number of alkyl halides is 2. The van der Waals surface area contributed by atoms with Gasteiger partial charge in [-0.15, -0.1) is 0 Å². The quantitative estimate of drug-likeness (QED) is 0.921. The zero-order valence-electron chi connectivity index (χ0n) is 9.89. The first-order valence-corrected chi connectivity index (χ1v) is 6.00. The van der Waals surface area contributed by atoms with Gasteiger partial charge in [0.25, 0.3) is 0 Å². The van der Waals surface area contributed by atoms with Crippen LogP contribution in [0.5, 0.6) is 5.75 Å². The van der Waals surface area contributed by atoms with E-state index in [1.54, 1.807) is 24.3 Å². The second-order valence-corrected chi connectivity index (χ2v) is 4.41. The highest BCUT2D eigenvalue weighted by Crippen LogP contribution is 2.23. The van der Waals surface area contributed by atoms with Crippen molar-refractivity contribution in [2.75, 3.05) is 0 Å². The SMILES string of the molecule is NC(c1ccc(Cl)cc1)c1ccc(OC(F)F)cc1. The minimum Gasteiger partial charge on any atom is -0.435 e. The van der Waals surface area contributed by atoms with Gasteiger partial charge in [0.2, 0.25) is 0 Å². The maximum Gasteiger partial charge on any atom is 0.387 e. The molecular formula is C14H12ClF2NO. The monoisotopic (exact) mass is 283 g/mol. The van der Waals surface area contributed by atoms with Crippen molar-refractivity contribution in [2.45, 2.75) is 12.7 Å². The summed E-state index contributed by atoms with van der Waals surface area (Å²) in [6, 6.07) is 13.1. The minimum atomic E-state index is -2.82. The predicted molar refractivity (Wildman–Crippen MR) is 70.6 cm³/mol. The van der Waals surface area contributed by atoms with Gasteiger partial charge in [0.1, 0.15) is 5.75 Å². The van der Waals surface area contributed by atoms with Crippen LogP contribution in [0.1, 0.15) is 17.2 Å². The summed E-state index contributed by atoms with van der Waals surface area (Å²) in [6.07, 6.45) is 0. The summed E-state index contributed by atoms with van der Waals surface area (Å²) in [7, 11) is 0. The van der Waals surface area contributed by atoms with Crippen molar-refractivity contribution >= 4 is 11.6 Å². The first-order valence-electron chi connectivity index (χ1n) is 5.62. The number of hydrogen-bond donors (Lipinski definition) is 1. The Morgan fingerprint density at radius 3 is 1.84 bits per heavy atom. The summed E-state index contributed by atoms with van der Waals surface area (Å²) in [6.45, 7) is -2.82. The Kier molecular flexibility index (Phi) is 4.35. The lowest BCUT2D eigenvalue weighted by Crippen LogP contribution is -2.11. The Hall–Kier alpha value is -1.65. The summed E-state index contributed by atoms with van der Waals surface area (Å²) >= 11 is 5.80. The fraction of sp³-hybridized carbons (Fsp3) is 0.143. The van der Waals surface area contributed by atoms with Gasteiger partial charge < -0.3 is 10.5 Å². The highest BCUT2D eigenvalue weighted by Gasteiger charge is 2.10. The Bertz CT molecular complexity index is 528. The summed E-state index contributed by atoms with van der Waals surface area (Å²) in [5, 5.41) is 0.636. The van der Waals surface area contributed by atoms with Crippen LogP contribution in [0.2, 0.25) is 5.02 Å². The molecule has 0 radical (unpaired) electrons. The van der Waals surface area contributed by atoms with Gasteiger partial charge in [0.15, 0.2) is 0 Å². The largest absolute Gasteiger partial charge is 0.435 e. The Morgan fingerprint density at radius 2 is 1.37 bits per heavy atom. The summed E-state index contributed by atoms with van der Waals surface area (Å²) in [5.41, 5.74) is 7.79. The van der Waals surface area contributed by atoms with Crippen LogP contribution in [-0.4, -0.2) is 6.61 Å². The third-order valence-electron chi connectivity index (χ3n) is 2.69. The first-order chi connectivity index (χ1) is 9.06. The smallest absolute Gasteiger partial charge is 0.387 e. The second kappa shape index (κ2) is 5.99. The first kappa shape index (κ1) is 13.8. The summed E-state index contributed by atoms with van der Waals surface area (Å²) in [5.74, 6) is 0.113. The highest BCUT2D eigenvalue weighted by atomic mass is 35.5. The molecule has 2 nitrogen and oxygen atoms in total. The molecule has 0 aliphatic heterocycles. The van der Waals surface area contributed by atoms with Crippen molar-refractivity contribution in [3.8, 4) is 5.75 Å². The lowest BCUT2D eigenvalue weighted by molar-refractivity contribution is -0.0498. The molecule has 0 aliphatic carbocycles.